The molecule has 16 heteroatoms. The molecule has 16 nitrogen and oxygen atoms in total. The van der Waals surface area contributed by atoms with E-state index >= 15 is 0 Å². The van der Waals surface area contributed by atoms with Crippen molar-refractivity contribution in [3.8, 4) is 16.9 Å². The number of aromatic nitrogens is 3. The summed E-state index contributed by atoms with van der Waals surface area (Å²) in [6, 6.07) is 18.5. The molecule has 3 aliphatic heterocycles. The molecule has 1 atom stereocenters. The first-order valence-corrected chi connectivity index (χ1v) is 25.1. The number of carbonyl (C=O) groups is 6. The average Bonchev–Trinajstić information content (AvgIpc) is 3.98. The molecule has 3 aromatic carbocycles. The Bertz CT molecular complexity index is 2660. The van der Waals surface area contributed by atoms with Crippen LogP contribution in [0, 0.1) is 13.8 Å². The van der Waals surface area contributed by atoms with Gasteiger partial charge in [0.1, 0.15) is 29.2 Å². The van der Waals surface area contributed by atoms with Crippen molar-refractivity contribution in [3.05, 3.63) is 100 Å². The molecular weight excluding hydrogens is 891 g/mol. The Morgan fingerprint density at radius 3 is 2.27 bits per heavy atom. The topological polar surface area (TPSA) is 195 Å². The van der Waals surface area contributed by atoms with Gasteiger partial charge in [0.05, 0.1) is 41.1 Å². The van der Waals surface area contributed by atoms with E-state index in [4.69, 9.17) is 19.0 Å². The number of aryl methyl sites for hydroxylation is 4. The number of hydrogen-bond acceptors (Lipinski definition) is 12. The predicted octanol–water partition coefficient (Wildman–Crippen LogP) is 7.03. The molecule has 0 radical (unpaired) electrons. The van der Waals surface area contributed by atoms with E-state index < -0.39 is 29.7 Å². The van der Waals surface area contributed by atoms with E-state index in [-0.39, 0.29) is 48.0 Å². The second kappa shape index (κ2) is 23.9. The number of amides is 5. The predicted molar refractivity (Wildman–Crippen MR) is 262 cm³/mol. The quantitative estimate of drug-likeness (QED) is 0.0449. The monoisotopic (exact) mass is 955 g/mol. The number of fused-ring (bicyclic) bond motifs is 2. The van der Waals surface area contributed by atoms with E-state index in [9.17, 15) is 28.8 Å². The number of ether oxygens (including phenoxy) is 2. The summed E-state index contributed by atoms with van der Waals surface area (Å²) in [7, 11) is 0. The van der Waals surface area contributed by atoms with Crippen molar-refractivity contribution < 1.29 is 42.8 Å². The smallest absolute Gasteiger partial charge is 0.266 e. The molecule has 2 fully saturated rings. The van der Waals surface area contributed by atoms with Crippen LogP contribution < -0.4 is 15.4 Å². The first-order chi connectivity index (χ1) is 34.0. The third-order valence-electron chi connectivity index (χ3n) is 13.7. The Hall–Kier alpha value is -6.52. The average molecular weight is 956 g/mol. The first-order valence-electron chi connectivity index (χ1n) is 25.1. The molecule has 0 spiro atoms. The first kappa shape index (κ1) is 49.9. The second-order valence-corrected chi connectivity index (χ2v) is 18.8. The summed E-state index contributed by atoms with van der Waals surface area (Å²) >= 11 is 0. The summed E-state index contributed by atoms with van der Waals surface area (Å²) in [6.45, 7) is 9.34. The minimum absolute atomic E-state index is 0.0132. The number of Topliss-reactive ketones (excluding diaryl/α,β-unsaturated/α-hetero) is 1. The molecule has 2 saturated heterocycles. The van der Waals surface area contributed by atoms with Gasteiger partial charge in [-0.05, 0) is 80.5 Å². The molecule has 5 amide bonds. The van der Waals surface area contributed by atoms with Gasteiger partial charge in [0, 0.05) is 64.0 Å². The maximum absolute atomic E-state index is 13.2. The van der Waals surface area contributed by atoms with Gasteiger partial charge in [0.15, 0.2) is 6.61 Å². The summed E-state index contributed by atoms with van der Waals surface area (Å²) in [5.41, 5.74) is 7.46. The Morgan fingerprint density at radius 1 is 0.814 bits per heavy atom. The van der Waals surface area contributed by atoms with Crippen molar-refractivity contribution in [2.24, 2.45) is 0 Å². The van der Waals surface area contributed by atoms with E-state index in [2.05, 4.69) is 67.7 Å². The highest BCUT2D eigenvalue weighted by Crippen LogP contribution is 2.34. The highest BCUT2D eigenvalue weighted by atomic mass is 16.5. The molecule has 370 valence electrons. The van der Waals surface area contributed by atoms with Gasteiger partial charge < -0.3 is 23.9 Å². The van der Waals surface area contributed by atoms with Crippen LogP contribution in [0.1, 0.15) is 126 Å². The lowest BCUT2D eigenvalue weighted by Crippen LogP contribution is -2.54. The van der Waals surface area contributed by atoms with Crippen LogP contribution >= 0.6 is 0 Å². The van der Waals surface area contributed by atoms with Gasteiger partial charge in [-0.1, -0.05) is 86.5 Å². The number of benzene rings is 3. The fourth-order valence-electron chi connectivity index (χ4n) is 9.84. The number of ketones is 1. The van der Waals surface area contributed by atoms with Gasteiger partial charge in [-0.25, -0.2) is 4.98 Å². The normalized spacial score (nSPS) is 16.3. The van der Waals surface area contributed by atoms with Gasteiger partial charge in [-0.2, -0.15) is 0 Å². The molecule has 0 saturated carbocycles. The van der Waals surface area contributed by atoms with Crippen LogP contribution in [0.25, 0.3) is 22.2 Å². The number of rotatable bonds is 25. The highest BCUT2D eigenvalue weighted by Gasteiger charge is 2.46. The van der Waals surface area contributed by atoms with Crippen LogP contribution in [0.2, 0.25) is 0 Å². The molecule has 2 aromatic heterocycles. The lowest BCUT2D eigenvalue weighted by Gasteiger charge is -2.27. The summed E-state index contributed by atoms with van der Waals surface area (Å²) in [5, 5.41) is 9.19. The van der Waals surface area contributed by atoms with E-state index in [0.717, 1.165) is 160 Å². The Labute approximate surface area is 408 Å². The number of hydrogen-bond donors (Lipinski definition) is 2. The third kappa shape index (κ3) is 12.4. The van der Waals surface area contributed by atoms with Gasteiger partial charge in [-0.15, -0.1) is 0 Å². The van der Waals surface area contributed by atoms with Crippen molar-refractivity contribution >= 4 is 46.4 Å². The molecule has 70 heavy (non-hydrogen) atoms. The SMILES string of the molecule is Cc1noc(C)c1-c1ccc2c(c1)nc(CCc1ccc(CC(=O)CCCCCCCCCCCNC(=O)COc3cccc4c3C(=O)N(C3CCC(=O)NC3=O)C4=O)cc1)n2CCN1CCOCC1. The van der Waals surface area contributed by atoms with E-state index in [1.165, 1.54) is 17.7 Å². The number of piperidine rings is 1. The number of nitrogens with one attached hydrogen (secondary N) is 2. The zero-order valence-electron chi connectivity index (χ0n) is 40.5. The van der Waals surface area contributed by atoms with Crippen LogP contribution in [-0.2, 0) is 49.7 Å². The zero-order valence-corrected chi connectivity index (χ0v) is 40.5. The van der Waals surface area contributed by atoms with Crippen LogP contribution in [0.5, 0.6) is 5.75 Å². The minimum atomic E-state index is -1.08. The van der Waals surface area contributed by atoms with E-state index in [1.807, 2.05) is 13.8 Å². The van der Waals surface area contributed by atoms with Crippen molar-refractivity contribution in [1.82, 2.24) is 35.1 Å². The minimum Gasteiger partial charge on any atom is -0.483 e. The van der Waals surface area contributed by atoms with Crippen LogP contribution in [0.15, 0.2) is 65.2 Å². The van der Waals surface area contributed by atoms with Crippen molar-refractivity contribution in [2.45, 2.75) is 123 Å². The number of morpholine rings is 1. The fourth-order valence-corrected chi connectivity index (χ4v) is 9.84. The Kier molecular flexibility index (Phi) is 17.0. The number of unbranched alkanes of at least 4 members (excludes halogenated alkanes) is 8. The van der Waals surface area contributed by atoms with Gasteiger partial charge in [0.2, 0.25) is 11.8 Å². The Morgan fingerprint density at radius 2 is 1.54 bits per heavy atom. The summed E-state index contributed by atoms with van der Waals surface area (Å²) in [6.07, 6.45) is 12.2. The number of imidazole rings is 1. The molecule has 8 rings (SSSR count). The van der Waals surface area contributed by atoms with Gasteiger partial charge >= 0.3 is 0 Å². The van der Waals surface area contributed by atoms with Crippen molar-refractivity contribution in [1.29, 1.82) is 0 Å². The molecule has 3 aliphatic rings. The molecule has 1 unspecified atom stereocenters. The maximum atomic E-state index is 13.2. The van der Waals surface area contributed by atoms with Crippen molar-refractivity contribution in [3.63, 3.8) is 0 Å². The van der Waals surface area contributed by atoms with Crippen LogP contribution in [0.4, 0.5) is 0 Å². The fraction of sp³-hybridized carbons (Fsp3) is 0.481. The molecular formula is C54H65N7O9. The summed E-state index contributed by atoms with van der Waals surface area (Å²) in [5.74, 6) is -0.533. The van der Waals surface area contributed by atoms with Gasteiger partial charge in [-0.3, -0.25) is 43.9 Å². The largest absolute Gasteiger partial charge is 0.483 e. The number of carbonyl (C=O) groups excluding carboxylic acids is 6. The molecule has 5 aromatic rings. The molecule has 2 N–H and O–H groups in total. The summed E-state index contributed by atoms with van der Waals surface area (Å²) < 4.78 is 19.1. The second-order valence-electron chi connectivity index (χ2n) is 18.8. The third-order valence-corrected chi connectivity index (χ3v) is 13.7. The van der Waals surface area contributed by atoms with Gasteiger partial charge in [0.25, 0.3) is 17.7 Å². The summed E-state index contributed by atoms with van der Waals surface area (Å²) in [4.78, 5) is 84.2. The number of imide groups is 2. The van der Waals surface area contributed by atoms with E-state index in [0.29, 0.717) is 19.4 Å². The Balaban J connectivity index is 0.676. The molecule has 0 aliphatic carbocycles. The van der Waals surface area contributed by atoms with Crippen molar-refractivity contribution in [2.75, 3.05) is 46.0 Å². The van der Waals surface area contributed by atoms with Crippen LogP contribution in [-0.4, -0.2) is 112 Å². The lowest BCUT2D eigenvalue weighted by molar-refractivity contribution is -0.136. The molecule has 0 bridgehead atoms. The standard InChI is InChI=1S/C54H65N7O9/c1-36-50(37(2)70-58-36)40-21-22-44-43(34-40)56-47(60(44)28-27-59-29-31-68-32-30-59)24-20-38-16-18-39(19-17-38)33-41(62)13-10-8-6-4-3-5-7-9-11-26-55-49(64)35-69-46-15-12-14-42-51(46)54(67)61(53(42)66)45-23-25-48(63)57-52(45)65/h12,14-19,21-22,34,45H,3-11,13,20,23-33,35H2,1-2H3,(H,55,64)(H,57,63,65). The number of nitrogens with zero attached hydrogens (tertiary/aromatic N) is 5. The lowest BCUT2D eigenvalue weighted by atomic mass is 10.0. The molecule has 5 heterocycles. The maximum Gasteiger partial charge on any atom is 0.266 e. The van der Waals surface area contributed by atoms with Crippen LogP contribution in [0.3, 0.4) is 0 Å². The zero-order chi connectivity index (χ0) is 49.0. The van der Waals surface area contributed by atoms with E-state index in [1.54, 1.807) is 6.07 Å². The highest BCUT2D eigenvalue weighted by molar-refractivity contribution is 6.24.